The zero-order valence-electron chi connectivity index (χ0n) is 16.9. The Balaban J connectivity index is 1.43. The van der Waals surface area contributed by atoms with Crippen molar-refractivity contribution in [2.24, 2.45) is 11.8 Å². The summed E-state index contributed by atoms with van der Waals surface area (Å²) in [5.74, 6) is -1.82. The van der Waals surface area contributed by atoms with Crippen molar-refractivity contribution < 1.29 is 28.2 Å². The van der Waals surface area contributed by atoms with Crippen LogP contribution >= 0.6 is 0 Å². The fourth-order valence-electron chi connectivity index (χ4n) is 3.66. The number of nitrogens with zero attached hydrogens (tertiary/aromatic N) is 1. The second-order valence-electron chi connectivity index (χ2n) is 8.45. The summed E-state index contributed by atoms with van der Waals surface area (Å²) >= 11 is 0. The fraction of sp³-hybridized carbons (Fsp3) is 0.375. The molecule has 2 amide bonds. The molecule has 5 rings (SSSR count). The number of benzene rings is 2. The molecule has 0 spiro atoms. The Kier molecular flexibility index (Phi) is 4.96. The number of hydrogen-bond acceptors (Lipinski definition) is 5. The second kappa shape index (κ2) is 7.80. The Labute approximate surface area is 178 Å². The fourth-order valence-corrected chi connectivity index (χ4v) is 3.66. The molecule has 0 saturated heterocycles. The van der Waals surface area contributed by atoms with Crippen LogP contribution in [-0.2, 0) is 11.3 Å². The van der Waals surface area contributed by atoms with Crippen molar-refractivity contribution >= 4 is 17.8 Å². The molecule has 7 heteroatoms. The highest BCUT2D eigenvalue weighted by atomic mass is 19.1. The molecule has 2 aromatic carbocycles. The van der Waals surface area contributed by atoms with Crippen LogP contribution < -0.4 is 4.74 Å². The SMILES string of the molecule is O=C(OCC1CC1)c1c(CN2C(=O)c3ccccc3C2=O)ccc(OCC2CC2)c1F. The van der Waals surface area contributed by atoms with E-state index < -0.39 is 23.6 Å². The van der Waals surface area contributed by atoms with Crippen LogP contribution in [-0.4, -0.2) is 35.9 Å². The summed E-state index contributed by atoms with van der Waals surface area (Å²) in [4.78, 5) is 39.2. The molecule has 31 heavy (non-hydrogen) atoms. The molecule has 160 valence electrons. The van der Waals surface area contributed by atoms with Crippen molar-refractivity contribution in [3.8, 4) is 5.75 Å². The zero-order valence-corrected chi connectivity index (χ0v) is 16.9. The predicted octanol–water partition coefficient (Wildman–Crippen LogP) is 3.98. The molecule has 0 atom stereocenters. The minimum Gasteiger partial charge on any atom is -0.490 e. The minimum atomic E-state index is -0.810. The van der Waals surface area contributed by atoms with Gasteiger partial charge >= 0.3 is 5.97 Å². The van der Waals surface area contributed by atoms with E-state index in [0.29, 0.717) is 29.6 Å². The summed E-state index contributed by atoms with van der Waals surface area (Å²) in [5.41, 5.74) is 0.544. The number of carbonyl (C=O) groups is 3. The van der Waals surface area contributed by atoms with Gasteiger partial charge < -0.3 is 9.47 Å². The van der Waals surface area contributed by atoms with E-state index >= 15 is 4.39 Å². The van der Waals surface area contributed by atoms with Gasteiger partial charge in [-0.2, -0.15) is 0 Å². The Morgan fingerprint density at radius 3 is 2.16 bits per heavy atom. The number of amides is 2. The lowest BCUT2D eigenvalue weighted by Crippen LogP contribution is -2.30. The van der Waals surface area contributed by atoms with Gasteiger partial charge in [0.25, 0.3) is 11.8 Å². The number of halogens is 1. The first-order valence-electron chi connectivity index (χ1n) is 10.6. The zero-order chi connectivity index (χ0) is 21.5. The van der Waals surface area contributed by atoms with Gasteiger partial charge in [0.2, 0.25) is 0 Å². The quantitative estimate of drug-likeness (QED) is 0.474. The van der Waals surface area contributed by atoms with Crippen molar-refractivity contribution in [3.05, 3.63) is 64.5 Å². The van der Waals surface area contributed by atoms with Crippen LogP contribution in [0.15, 0.2) is 36.4 Å². The number of fused-ring (bicyclic) bond motifs is 1. The van der Waals surface area contributed by atoms with Crippen LogP contribution in [0.5, 0.6) is 5.75 Å². The van der Waals surface area contributed by atoms with Crippen LogP contribution in [0.4, 0.5) is 4.39 Å². The molecule has 2 aromatic rings. The lowest BCUT2D eigenvalue weighted by atomic mass is 10.1. The Bertz CT molecular complexity index is 1040. The first kappa shape index (κ1) is 19.7. The molecule has 0 unspecified atom stereocenters. The van der Waals surface area contributed by atoms with Gasteiger partial charge in [-0.1, -0.05) is 18.2 Å². The van der Waals surface area contributed by atoms with E-state index in [1.807, 2.05) is 0 Å². The van der Waals surface area contributed by atoms with E-state index in [1.54, 1.807) is 24.3 Å². The van der Waals surface area contributed by atoms with Gasteiger partial charge in [-0.25, -0.2) is 9.18 Å². The minimum absolute atomic E-state index is 0.0172. The molecule has 2 fully saturated rings. The molecule has 0 N–H and O–H groups in total. The normalized spacial score (nSPS) is 17.6. The van der Waals surface area contributed by atoms with E-state index in [4.69, 9.17) is 9.47 Å². The van der Waals surface area contributed by atoms with Gasteiger partial charge in [-0.3, -0.25) is 14.5 Å². The van der Waals surface area contributed by atoms with Gasteiger partial charge in [-0.15, -0.1) is 0 Å². The van der Waals surface area contributed by atoms with Crippen LogP contribution in [0.3, 0.4) is 0 Å². The number of rotatable bonds is 8. The van der Waals surface area contributed by atoms with Crippen LogP contribution in [0.25, 0.3) is 0 Å². The topological polar surface area (TPSA) is 72.9 Å². The number of esters is 1. The third-order valence-corrected chi connectivity index (χ3v) is 5.92. The number of carbonyl (C=O) groups excluding carboxylic acids is 3. The van der Waals surface area contributed by atoms with Gasteiger partial charge in [0.05, 0.1) is 30.9 Å². The first-order chi connectivity index (χ1) is 15.0. The van der Waals surface area contributed by atoms with Crippen molar-refractivity contribution in [1.82, 2.24) is 4.90 Å². The highest BCUT2D eigenvalue weighted by Gasteiger charge is 2.37. The molecule has 2 saturated carbocycles. The van der Waals surface area contributed by atoms with Gasteiger partial charge in [0.15, 0.2) is 11.6 Å². The Morgan fingerprint density at radius 1 is 0.935 bits per heavy atom. The summed E-state index contributed by atoms with van der Waals surface area (Å²) in [5, 5.41) is 0. The summed E-state index contributed by atoms with van der Waals surface area (Å²) < 4.78 is 26.2. The third kappa shape index (κ3) is 3.92. The third-order valence-electron chi connectivity index (χ3n) is 5.92. The molecule has 6 nitrogen and oxygen atoms in total. The standard InChI is InChI=1S/C24H22FNO5/c25-21-19(30-12-14-5-6-14)10-9-16(20(21)24(29)31-13-15-7-8-15)11-26-22(27)17-3-1-2-4-18(17)23(26)28/h1-4,9-10,14-15H,5-8,11-13H2. The lowest BCUT2D eigenvalue weighted by molar-refractivity contribution is 0.0472. The maximum absolute atomic E-state index is 15.3. The summed E-state index contributed by atoms with van der Waals surface area (Å²) in [6.07, 6.45) is 4.08. The molecule has 2 aliphatic carbocycles. The Hall–Kier alpha value is -3.22. The van der Waals surface area contributed by atoms with E-state index in [1.165, 1.54) is 12.1 Å². The molecule has 3 aliphatic rings. The summed E-state index contributed by atoms with van der Waals surface area (Å²) in [6.45, 7) is 0.406. The molecule has 0 radical (unpaired) electrons. The summed E-state index contributed by atoms with van der Waals surface area (Å²) in [6, 6.07) is 9.50. The number of imide groups is 1. The van der Waals surface area contributed by atoms with Crippen LogP contribution in [0.2, 0.25) is 0 Å². The lowest BCUT2D eigenvalue weighted by Gasteiger charge is -2.18. The monoisotopic (exact) mass is 423 g/mol. The highest BCUT2D eigenvalue weighted by Crippen LogP contribution is 2.34. The van der Waals surface area contributed by atoms with Crippen molar-refractivity contribution in [1.29, 1.82) is 0 Å². The van der Waals surface area contributed by atoms with Crippen LogP contribution in [0, 0.1) is 17.7 Å². The average Bonchev–Trinajstić information content (AvgIpc) is 3.69. The second-order valence-corrected chi connectivity index (χ2v) is 8.45. The molecular weight excluding hydrogens is 401 g/mol. The number of ether oxygens (including phenoxy) is 2. The van der Waals surface area contributed by atoms with Crippen molar-refractivity contribution in [2.45, 2.75) is 32.2 Å². The van der Waals surface area contributed by atoms with Gasteiger partial charge in [0.1, 0.15) is 5.56 Å². The largest absolute Gasteiger partial charge is 0.490 e. The predicted molar refractivity (Wildman–Crippen MR) is 108 cm³/mol. The molecule has 1 aliphatic heterocycles. The van der Waals surface area contributed by atoms with Gasteiger partial charge in [0, 0.05) is 0 Å². The molecular formula is C24H22FNO5. The van der Waals surface area contributed by atoms with E-state index in [2.05, 4.69) is 0 Å². The molecule has 0 bridgehead atoms. The average molecular weight is 423 g/mol. The van der Waals surface area contributed by atoms with Crippen LogP contribution in [0.1, 0.15) is 62.3 Å². The van der Waals surface area contributed by atoms with E-state index in [-0.39, 0.29) is 30.0 Å². The van der Waals surface area contributed by atoms with Crippen molar-refractivity contribution in [3.63, 3.8) is 0 Å². The summed E-state index contributed by atoms with van der Waals surface area (Å²) in [7, 11) is 0. The number of hydrogen-bond donors (Lipinski definition) is 0. The molecule has 1 heterocycles. The van der Waals surface area contributed by atoms with Gasteiger partial charge in [-0.05, 0) is 61.3 Å². The maximum Gasteiger partial charge on any atom is 0.341 e. The van der Waals surface area contributed by atoms with E-state index in [0.717, 1.165) is 30.6 Å². The highest BCUT2D eigenvalue weighted by molar-refractivity contribution is 6.21. The maximum atomic E-state index is 15.3. The van der Waals surface area contributed by atoms with Crippen molar-refractivity contribution in [2.75, 3.05) is 13.2 Å². The first-order valence-corrected chi connectivity index (χ1v) is 10.6. The van der Waals surface area contributed by atoms with E-state index in [9.17, 15) is 14.4 Å². The molecule has 0 aromatic heterocycles. The smallest absolute Gasteiger partial charge is 0.341 e. The Morgan fingerprint density at radius 2 is 1.55 bits per heavy atom.